The topological polar surface area (TPSA) is 24.1 Å². The summed E-state index contributed by atoms with van der Waals surface area (Å²) in [7, 11) is 0. The third kappa shape index (κ3) is 2.43. The Labute approximate surface area is 101 Å². The summed E-state index contributed by atoms with van der Waals surface area (Å²) in [4.78, 5) is 0. The fraction of sp³-hybridized carbons (Fsp3) is 1.00. The molecule has 0 aromatic heterocycles. The van der Waals surface area contributed by atoms with Crippen LogP contribution in [0.25, 0.3) is 0 Å². The second-order valence-electron chi connectivity index (χ2n) is 7.57. The first kappa shape index (κ1) is 12.4. The van der Waals surface area contributed by atoms with Crippen molar-refractivity contribution in [2.75, 3.05) is 13.1 Å². The van der Waals surface area contributed by atoms with E-state index in [0.29, 0.717) is 10.8 Å². The predicted molar refractivity (Wildman–Crippen MR) is 69.5 cm³/mol. The van der Waals surface area contributed by atoms with E-state index in [1.807, 2.05) is 0 Å². The quantitative estimate of drug-likeness (QED) is 0.769. The fourth-order valence-electron chi connectivity index (χ4n) is 2.93. The van der Waals surface area contributed by atoms with Crippen LogP contribution in [0, 0.1) is 16.7 Å². The van der Waals surface area contributed by atoms with Crippen molar-refractivity contribution >= 4 is 0 Å². The maximum atomic E-state index is 3.76. The fourth-order valence-corrected chi connectivity index (χ4v) is 2.93. The number of hydrogen-bond acceptors (Lipinski definition) is 2. The molecule has 2 nitrogen and oxygen atoms in total. The number of hydrogen-bond donors (Lipinski definition) is 2. The molecule has 0 aromatic carbocycles. The molecule has 0 spiro atoms. The van der Waals surface area contributed by atoms with Crippen molar-refractivity contribution in [3.63, 3.8) is 0 Å². The lowest BCUT2D eigenvalue weighted by Gasteiger charge is -2.50. The third-order valence-electron chi connectivity index (χ3n) is 4.66. The van der Waals surface area contributed by atoms with Gasteiger partial charge in [-0.25, -0.2) is 0 Å². The van der Waals surface area contributed by atoms with E-state index in [0.717, 1.165) is 18.0 Å². The van der Waals surface area contributed by atoms with Crippen LogP contribution in [0.15, 0.2) is 0 Å². The molecule has 2 rings (SSSR count). The van der Waals surface area contributed by atoms with Crippen molar-refractivity contribution in [1.82, 2.24) is 10.6 Å². The highest BCUT2D eigenvalue weighted by Gasteiger charge is 2.42. The zero-order chi connectivity index (χ0) is 12.0. The molecule has 2 fully saturated rings. The molecule has 2 atom stereocenters. The third-order valence-corrected chi connectivity index (χ3v) is 4.66. The van der Waals surface area contributed by atoms with Crippen LogP contribution in [-0.4, -0.2) is 25.2 Å². The molecule has 2 saturated heterocycles. The summed E-state index contributed by atoms with van der Waals surface area (Å²) in [5.41, 5.74) is 0.935. The van der Waals surface area contributed by atoms with Gasteiger partial charge in [0.1, 0.15) is 0 Å². The van der Waals surface area contributed by atoms with Gasteiger partial charge in [0.05, 0.1) is 0 Å². The first-order chi connectivity index (χ1) is 7.29. The SMILES string of the molecule is CC(C)(C)C1CC(CC(C)(C)C2CNC2)N1. The van der Waals surface area contributed by atoms with Gasteiger partial charge in [0.15, 0.2) is 0 Å². The van der Waals surface area contributed by atoms with Crippen LogP contribution in [-0.2, 0) is 0 Å². The van der Waals surface area contributed by atoms with Gasteiger partial charge in [-0.3, -0.25) is 0 Å². The highest BCUT2D eigenvalue weighted by atomic mass is 15.1. The minimum absolute atomic E-state index is 0.429. The van der Waals surface area contributed by atoms with Gasteiger partial charge >= 0.3 is 0 Å². The van der Waals surface area contributed by atoms with Gasteiger partial charge in [-0.05, 0) is 42.7 Å². The van der Waals surface area contributed by atoms with Crippen LogP contribution in [0.2, 0.25) is 0 Å². The maximum Gasteiger partial charge on any atom is 0.0133 e. The van der Waals surface area contributed by atoms with Crippen LogP contribution < -0.4 is 10.6 Å². The van der Waals surface area contributed by atoms with E-state index < -0.39 is 0 Å². The summed E-state index contributed by atoms with van der Waals surface area (Å²) in [5, 5.41) is 7.15. The molecule has 0 saturated carbocycles. The van der Waals surface area contributed by atoms with Gasteiger partial charge in [-0.1, -0.05) is 34.6 Å². The molecule has 0 bridgehead atoms. The average Bonchev–Trinajstić information content (AvgIpc) is 1.88. The molecule has 0 radical (unpaired) electrons. The van der Waals surface area contributed by atoms with Crippen molar-refractivity contribution in [1.29, 1.82) is 0 Å². The number of rotatable bonds is 3. The van der Waals surface area contributed by atoms with Crippen molar-refractivity contribution in [2.45, 2.75) is 59.5 Å². The Morgan fingerprint density at radius 2 is 1.62 bits per heavy atom. The zero-order valence-corrected chi connectivity index (χ0v) is 11.6. The second-order valence-corrected chi connectivity index (χ2v) is 7.57. The first-order valence-electron chi connectivity index (χ1n) is 6.76. The van der Waals surface area contributed by atoms with E-state index in [4.69, 9.17) is 0 Å². The van der Waals surface area contributed by atoms with Crippen molar-refractivity contribution < 1.29 is 0 Å². The summed E-state index contributed by atoms with van der Waals surface area (Å²) in [6.07, 6.45) is 2.71. The minimum atomic E-state index is 0.429. The Morgan fingerprint density at radius 3 is 2.00 bits per heavy atom. The van der Waals surface area contributed by atoms with Gasteiger partial charge in [-0.15, -0.1) is 0 Å². The molecule has 0 aliphatic carbocycles. The van der Waals surface area contributed by atoms with Crippen LogP contribution >= 0.6 is 0 Å². The maximum absolute atomic E-state index is 3.76. The molecule has 2 aliphatic heterocycles. The smallest absolute Gasteiger partial charge is 0.0133 e. The van der Waals surface area contributed by atoms with Crippen LogP contribution in [0.4, 0.5) is 0 Å². The molecule has 2 aliphatic rings. The van der Waals surface area contributed by atoms with Gasteiger partial charge < -0.3 is 10.6 Å². The summed E-state index contributed by atoms with van der Waals surface area (Å²) in [5.74, 6) is 0.892. The van der Waals surface area contributed by atoms with Gasteiger partial charge in [0.2, 0.25) is 0 Å². The van der Waals surface area contributed by atoms with E-state index in [9.17, 15) is 0 Å². The molecule has 16 heavy (non-hydrogen) atoms. The molecule has 2 heterocycles. The Morgan fingerprint density at radius 1 is 1.06 bits per heavy atom. The van der Waals surface area contributed by atoms with E-state index in [1.54, 1.807) is 0 Å². The molecule has 2 N–H and O–H groups in total. The van der Waals surface area contributed by atoms with E-state index >= 15 is 0 Å². The van der Waals surface area contributed by atoms with E-state index in [2.05, 4.69) is 45.3 Å². The standard InChI is InChI=1S/C14H28N2/c1-13(2,3)12-6-11(16-12)7-14(4,5)10-8-15-9-10/h10-12,15-16H,6-9H2,1-5H3. The Bertz CT molecular complexity index is 242. The van der Waals surface area contributed by atoms with Gasteiger partial charge in [-0.2, -0.15) is 0 Å². The van der Waals surface area contributed by atoms with Crippen molar-refractivity contribution in [3.8, 4) is 0 Å². The Hall–Kier alpha value is -0.0800. The molecule has 94 valence electrons. The number of nitrogens with one attached hydrogen (secondary N) is 2. The molecular weight excluding hydrogens is 196 g/mol. The predicted octanol–water partition coefficient (Wildman–Crippen LogP) is 2.40. The second kappa shape index (κ2) is 3.99. The van der Waals surface area contributed by atoms with Crippen LogP contribution in [0.5, 0.6) is 0 Å². The van der Waals surface area contributed by atoms with Crippen LogP contribution in [0.1, 0.15) is 47.5 Å². The lowest BCUT2D eigenvalue weighted by Crippen LogP contribution is -2.60. The van der Waals surface area contributed by atoms with Crippen LogP contribution in [0.3, 0.4) is 0 Å². The van der Waals surface area contributed by atoms with E-state index in [-0.39, 0.29) is 0 Å². The molecule has 0 amide bonds. The molecule has 2 unspecified atom stereocenters. The molecule has 2 heteroatoms. The van der Waals surface area contributed by atoms with E-state index in [1.165, 1.54) is 25.9 Å². The zero-order valence-electron chi connectivity index (χ0n) is 11.6. The monoisotopic (exact) mass is 224 g/mol. The summed E-state index contributed by atoms with van der Waals surface area (Å²) in [6.45, 7) is 14.3. The van der Waals surface area contributed by atoms with Crippen molar-refractivity contribution in [3.05, 3.63) is 0 Å². The first-order valence-corrected chi connectivity index (χ1v) is 6.76. The lowest BCUT2D eigenvalue weighted by atomic mass is 9.67. The largest absolute Gasteiger partial charge is 0.316 e. The highest BCUT2D eigenvalue weighted by molar-refractivity contribution is 4.99. The van der Waals surface area contributed by atoms with Crippen molar-refractivity contribution in [2.24, 2.45) is 16.7 Å². The lowest BCUT2D eigenvalue weighted by molar-refractivity contribution is 0.0637. The Balaban J connectivity index is 1.76. The highest BCUT2D eigenvalue weighted by Crippen LogP contribution is 2.39. The average molecular weight is 224 g/mol. The van der Waals surface area contributed by atoms with Gasteiger partial charge in [0.25, 0.3) is 0 Å². The Kier molecular flexibility index (Phi) is 3.09. The minimum Gasteiger partial charge on any atom is -0.316 e. The van der Waals surface area contributed by atoms with Gasteiger partial charge in [0, 0.05) is 12.1 Å². The summed E-state index contributed by atoms with van der Waals surface area (Å²) < 4.78 is 0. The normalized spacial score (nSPS) is 32.1. The molecule has 0 aromatic rings. The summed E-state index contributed by atoms with van der Waals surface area (Å²) in [6, 6.07) is 1.49. The summed E-state index contributed by atoms with van der Waals surface area (Å²) >= 11 is 0. The molecular formula is C14H28N2.